The number of nitrogens with two attached hydrogens (primary N) is 1. The fourth-order valence-corrected chi connectivity index (χ4v) is 1.18. The van der Waals surface area contributed by atoms with Gasteiger partial charge in [0.2, 0.25) is 0 Å². The maximum Gasteiger partial charge on any atom is 0.0920 e. The van der Waals surface area contributed by atoms with Gasteiger partial charge < -0.3 is 10.6 Å². The average molecular weight is 171 g/mol. The second-order valence-corrected chi connectivity index (χ2v) is 3.50. The zero-order chi connectivity index (χ0) is 9.72. The van der Waals surface area contributed by atoms with E-state index in [4.69, 9.17) is 11.1 Å². The molecule has 0 saturated heterocycles. The lowest BCUT2D eigenvalue weighted by molar-refractivity contribution is 0.195. The van der Waals surface area contributed by atoms with Crippen molar-refractivity contribution in [2.24, 2.45) is 5.73 Å². The van der Waals surface area contributed by atoms with Gasteiger partial charge in [0.25, 0.3) is 0 Å². The minimum absolute atomic E-state index is 0.276. The highest BCUT2D eigenvalue weighted by Crippen LogP contribution is 2.07. The van der Waals surface area contributed by atoms with E-state index >= 15 is 0 Å². The van der Waals surface area contributed by atoms with Gasteiger partial charge in [-0.3, -0.25) is 5.41 Å². The van der Waals surface area contributed by atoms with E-state index in [0.717, 1.165) is 6.42 Å². The molecule has 3 N–H and O–H groups in total. The Bertz CT molecular complexity index is 145. The van der Waals surface area contributed by atoms with Crippen molar-refractivity contribution in [3.63, 3.8) is 0 Å². The van der Waals surface area contributed by atoms with Gasteiger partial charge in [0.15, 0.2) is 0 Å². The van der Waals surface area contributed by atoms with Crippen LogP contribution < -0.4 is 5.73 Å². The summed E-state index contributed by atoms with van der Waals surface area (Å²) in [6, 6.07) is 0.941. The molecule has 0 rings (SSSR count). The third kappa shape index (κ3) is 3.72. The molecule has 0 aliphatic heterocycles. The minimum atomic E-state index is 0.276. The Balaban J connectivity index is 3.91. The third-order valence-electron chi connectivity index (χ3n) is 2.50. The van der Waals surface area contributed by atoms with Crippen molar-refractivity contribution in [1.82, 2.24) is 4.90 Å². The Hall–Kier alpha value is -0.570. The fraction of sp³-hybridized carbons (Fsp3) is 0.889. The van der Waals surface area contributed by atoms with Gasteiger partial charge in [-0.15, -0.1) is 0 Å². The van der Waals surface area contributed by atoms with E-state index in [1.807, 2.05) is 0 Å². The zero-order valence-electron chi connectivity index (χ0n) is 8.59. The molecule has 0 aromatic carbocycles. The summed E-state index contributed by atoms with van der Waals surface area (Å²) in [4.78, 5) is 2.27. The van der Waals surface area contributed by atoms with Crippen molar-refractivity contribution < 1.29 is 0 Å². The van der Waals surface area contributed by atoms with Crippen LogP contribution in [0, 0.1) is 5.41 Å². The summed E-state index contributed by atoms with van der Waals surface area (Å²) in [6.07, 6.45) is 1.81. The molecule has 0 aromatic rings. The number of hydrogen-bond acceptors (Lipinski definition) is 2. The topological polar surface area (TPSA) is 53.1 Å². The first-order valence-corrected chi connectivity index (χ1v) is 4.53. The van der Waals surface area contributed by atoms with E-state index < -0.39 is 0 Å². The van der Waals surface area contributed by atoms with Crippen LogP contribution in [0.3, 0.4) is 0 Å². The summed E-state index contributed by atoms with van der Waals surface area (Å²) in [7, 11) is 2.09. The van der Waals surface area contributed by atoms with E-state index in [1.165, 1.54) is 0 Å². The van der Waals surface area contributed by atoms with Crippen LogP contribution in [0.15, 0.2) is 0 Å². The molecule has 0 spiro atoms. The molecule has 2 unspecified atom stereocenters. The highest BCUT2D eigenvalue weighted by atomic mass is 15.1. The molecule has 0 fully saturated rings. The Morgan fingerprint density at radius 2 is 1.92 bits per heavy atom. The van der Waals surface area contributed by atoms with E-state index in [1.54, 1.807) is 0 Å². The highest BCUT2D eigenvalue weighted by molar-refractivity contribution is 5.77. The average Bonchev–Trinajstić information content (AvgIpc) is 2.00. The van der Waals surface area contributed by atoms with Gasteiger partial charge >= 0.3 is 0 Å². The molecule has 0 radical (unpaired) electrons. The number of nitrogens with one attached hydrogen (secondary N) is 1. The van der Waals surface area contributed by atoms with Gasteiger partial charge in [-0.1, -0.05) is 6.92 Å². The van der Waals surface area contributed by atoms with Crippen molar-refractivity contribution in [3.8, 4) is 0 Å². The van der Waals surface area contributed by atoms with Crippen molar-refractivity contribution in [3.05, 3.63) is 0 Å². The van der Waals surface area contributed by atoms with Gasteiger partial charge in [0.05, 0.1) is 5.84 Å². The standard InChI is InChI=1S/C9H21N3/c1-5-7(2)12(4)8(3)6-9(10)11/h7-8H,5-6H2,1-4H3,(H3,10,11). The van der Waals surface area contributed by atoms with E-state index in [0.29, 0.717) is 18.5 Å². The predicted octanol–water partition coefficient (Wildman–Crippen LogP) is 1.43. The van der Waals surface area contributed by atoms with Crippen LogP contribution in [0.2, 0.25) is 0 Å². The van der Waals surface area contributed by atoms with Crippen LogP contribution in [0.4, 0.5) is 0 Å². The normalized spacial score (nSPS) is 16.1. The molecule has 72 valence electrons. The van der Waals surface area contributed by atoms with E-state index in [-0.39, 0.29) is 5.84 Å². The SMILES string of the molecule is CCC(C)N(C)C(C)CC(=N)N. The molecule has 0 aliphatic carbocycles. The summed E-state index contributed by atoms with van der Waals surface area (Å²) in [5, 5.41) is 7.17. The van der Waals surface area contributed by atoms with Crippen molar-refractivity contribution in [2.75, 3.05) is 7.05 Å². The number of hydrogen-bond donors (Lipinski definition) is 2. The van der Waals surface area contributed by atoms with Crippen molar-refractivity contribution in [2.45, 2.75) is 45.7 Å². The van der Waals surface area contributed by atoms with Gasteiger partial charge in [-0.2, -0.15) is 0 Å². The minimum Gasteiger partial charge on any atom is -0.388 e. The van der Waals surface area contributed by atoms with E-state index in [2.05, 4.69) is 32.7 Å². The molecule has 0 heterocycles. The first kappa shape index (κ1) is 11.4. The molecular formula is C9H21N3. The highest BCUT2D eigenvalue weighted by Gasteiger charge is 2.14. The predicted molar refractivity (Wildman–Crippen MR) is 53.5 cm³/mol. The van der Waals surface area contributed by atoms with E-state index in [9.17, 15) is 0 Å². The maximum absolute atomic E-state index is 7.17. The largest absolute Gasteiger partial charge is 0.388 e. The van der Waals surface area contributed by atoms with Crippen molar-refractivity contribution >= 4 is 5.84 Å². The molecule has 12 heavy (non-hydrogen) atoms. The summed E-state index contributed by atoms with van der Waals surface area (Å²) < 4.78 is 0. The number of nitrogens with zero attached hydrogens (tertiary/aromatic N) is 1. The second-order valence-electron chi connectivity index (χ2n) is 3.50. The van der Waals surface area contributed by atoms with Crippen LogP contribution in [0.1, 0.15) is 33.6 Å². The Morgan fingerprint density at radius 3 is 2.25 bits per heavy atom. The van der Waals surface area contributed by atoms with Crippen LogP contribution in [0.5, 0.6) is 0 Å². The van der Waals surface area contributed by atoms with Crippen LogP contribution in [0.25, 0.3) is 0 Å². The maximum atomic E-state index is 7.17. The Kier molecular flexibility index (Phi) is 4.90. The third-order valence-corrected chi connectivity index (χ3v) is 2.50. The molecule has 0 amide bonds. The van der Waals surface area contributed by atoms with Crippen LogP contribution >= 0.6 is 0 Å². The Morgan fingerprint density at radius 1 is 1.42 bits per heavy atom. The number of rotatable bonds is 5. The lowest BCUT2D eigenvalue weighted by atomic mass is 10.1. The molecular weight excluding hydrogens is 150 g/mol. The lowest BCUT2D eigenvalue weighted by Crippen LogP contribution is -2.38. The summed E-state index contributed by atoms with van der Waals surface area (Å²) in [6.45, 7) is 6.46. The van der Waals surface area contributed by atoms with Crippen molar-refractivity contribution in [1.29, 1.82) is 5.41 Å². The van der Waals surface area contributed by atoms with Gasteiger partial charge in [0.1, 0.15) is 0 Å². The second kappa shape index (κ2) is 5.14. The smallest absolute Gasteiger partial charge is 0.0920 e. The van der Waals surface area contributed by atoms with Crippen LogP contribution in [-0.4, -0.2) is 29.9 Å². The number of amidine groups is 1. The molecule has 0 bridgehead atoms. The summed E-state index contributed by atoms with van der Waals surface area (Å²) in [5.74, 6) is 0.276. The van der Waals surface area contributed by atoms with Crippen LogP contribution in [-0.2, 0) is 0 Å². The van der Waals surface area contributed by atoms with Gasteiger partial charge in [0, 0.05) is 18.5 Å². The summed E-state index contributed by atoms with van der Waals surface area (Å²) in [5.41, 5.74) is 5.33. The quantitative estimate of drug-likeness (QED) is 0.485. The molecule has 3 nitrogen and oxygen atoms in total. The lowest BCUT2D eigenvalue weighted by Gasteiger charge is -2.29. The first-order valence-electron chi connectivity index (χ1n) is 4.53. The first-order chi connectivity index (χ1) is 5.49. The molecule has 0 aliphatic rings. The van der Waals surface area contributed by atoms with Gasteiger partial charge in [-0.25, -0.2) is 0 Å². The molecule has 3 heteroatoms. The Labute approximate surface area is 75.4 Å². The molecule has 0 aromatic heterocycles. The van der Waals surface area contributed by atoms with Gasteiger partial charge in [-0.05, 0) is 27.3 Å². The monoisotopic (exact) mass is 171 g/mol. The molecule has 2 atom stereocenters. The fourth-order valence-electron chi connectivity index (χ4n) is 1.18. The molecule has 0 saturated carbocycles. The summed E-state index contributed by atoms with van der Waals surface area (Å²) >= 11 is 0. The zero-order valence-corrected chi connectivity index (χ0v) is 8.59.